The number of piperazine rings is 1. The first-order valence-corrected chi connectivity index (χ1v) is 13.0. The van der Waals surface area contributed by atoms with Crippen LogP contribution in [-0.2, 0) is 24.3 Å². The second-order valence-electron chi connectivity index (χ2n) is 8.32. The molecule has 1 aromatic carbocycles. The first-order valence-electron chi connectivity index (χ1n) is 11.2. The van der Waals surface area contributed by atoms with E-state index in [4.69, 9.17) is 25.8 Å². The van der Waals surface area contributed by atoms with Gasteiger partial charge in [-0.15, -0.1) is 0 Å². The van der Waals surface area contributed by atoms with Gasteiger partial charge in [-0.2, -0.15) is 4.31 Å². The molecule has 0 spiro atoms. The number of carbonyl (C=O) groups excluding carboxylic acids is 2. The standard InChI is InChI=1S/C22H24ClFN4O8S/c1-34-8-9-35-22(30)28-14-3-5-17(28)20(21(29)26-31)27(12-14)37(32,33)15-4-7-19(25-11-15)36-18-6-2-13(23)10-16(18)24/h2,4,6-7,10-11,14,17,20,31H,3,5,8-9,12H2,1H3,(H,26,29)/t14-,17+,20-/m1/s1. The second-order valence-corrected chi connectivity index (χ2v) is 10.6. The lowest BCUT2D eigenvalue weighted by Gasteiger charge is -2.44. The molecule has 15 heteroatoms. The molecular formula is C22H24ClFN4O8S. The Morgan fingerprint density at radius 3 is 2.68 bits per heavy atom. The molecule has 0 saturated carbocycles. The van der Waals surface area contributed by atoms with E-state index in [9.17, 15) is 27.6 Å². The Morgan fingerprint density at radius 2 is 2.03 bits per heavy atom. The molecule has 0 radical (unpaired) electrons. The first-order chi connectivity index (χ1) is 17.7. The zero-order valence-corrected chi connectivity index (χ0v) is 21.1. The van der Waals surface area contributed by atoms with Gasteiger partial charge in [0.1, 0.15) is 17.5 Å². The number of sulfonamides is 1. The number of halogens is 2. The second kappa shape index (κ2) is 11.1. The van der Waals surface area contributed by atoms with E-state index in [0.29, 0.717) is 12.8 Å². The van der Waals surface area contributed by atoms with Gasteiger partial charge in [-0.3, -0.25) is 14.9 Å². The molecule has 200 valence electrons. The molecule has 2 aromatic rings. The highest BCUT2D eigenvalue weighted by Crippen LogP contribution is 2.38. The highest BCUT2D eigenvalue weighted by molar-refractivity contribution is 7.89. The molecule has 2 N–H and O–H groups in total. The lowest BCUT2D eigenvalue weighted by molar-refractivity contribution is -0.136. The number of rotatable bonds is 8. The molecule has 2 amide bonds. The van der Waals surface area contributed by atoms with Gasteiger partial charge < -0.3 is 14.2 Å². The van der Waals surface area contributed by atoms with Gasteiger partial charge in [0.25, 0.3) is 5.91 Å². The van der Waals surface area contributed by atoms with Crippen molar-refractivity contribution in [2.24, 2.45) is 0 Å². The number of methoxy groups -OCH3 is 1. The number of pyridine rings is 1. The summed E-state index contributed by atoms with van der Waals surface area (Å²) in [5, 5.41) is 9.52. The maximum atomic E-state index is 14.0. The van der Waals surface area contributed by atoms with Crippen molar-refractivity contribution in [3.8, 4) is 11.6 Å². The van der Waals surface area contributed by atoms with Gasteiger partial charge >= 0.3 is 6.09 Å². The molecular weight excluding hydrogens is 535 g/mol. The predicted molar refractivity (Wildman–Crippen MR) is 125 cm³/mol. The van der Waals surface area contributed by atoms with Crippen molar-refractivity contribution in [2.45, 2.75) is 35.9 Å². The van der Waals surface area contributed by atoms with Crippen LogP contribution in [-0.4, -0.2) is 84.8 Å². The SMILES string of the molecule is COCCOC(=O)N1[C@@H]2CC[C@H]1[C@H](C(=O)NO)N(S(=O)(=O)c1ccc(Oc3ccc(Cl)cc3F)nc1)C2. The third-order valence-corrected chi connectivity index (χ3v) is 8.20. The van der Waals surface area contributed by atoms with E-state index >= 15 is 0 Å². The molecule has 2 fully saturated rings. The van der Waals surface area contributed by atoms with Gasteiger partial charge in [0, 0.05) is 30.8 Å². The van der Waals surface area contributed by atoms with E-state index in [1.54, 1.807) is 0 Å². The zero-order valence-electron chi connectivity index (χ0n) is 19.5. The number of benzene rings is 1. The number of ether oxygens (including phenoxy) is 3. The summed E-state index contributed by atoms with van der Waals surface area (Å²) < 4.78 is 57.5. The molecule has 37 heavy (non-hydrogen) atoms. The largest absolute Gasteiger partial charge is 0.447 e. The van der Waals surface area contributed by atoms with Crippen LogP contribution in [0.25, 0.3) is 0 Å². The Morgan fingerprint density at radius 1 is 1.24 bits per heavy atom. The summed E-state index contributed by atoms with van der Waals surface area (Å²) >= 11 is 5.73. The van der Waals surface area contributed by atoms with Crippen molar-refractivity contribution in [1.29, 1.82) is 0 Å². The maximum Gasteiger partial charge on any atom is 0.410 e. The fraction of sp³-hybridized carbons (Fsp3) is 0.409. The van der Waals surface area contributed by atoms with Crippen LogP contribution >= 0.6 is 11.6 Å². The number of carbonyl (C=O) groups is 2. The summed E-state index contributed by atoms with van der Waals surface area (Å²) in [4.78, 5) is 30.3. The number of hydroxylamine groups is 1. The first kappa shape index (κ1) is 27.0. The van der Waals surface area contributed by atoms with E-state index in [-0.39, 0.29) is 41.3 Å². The minimum absolute atomic E-state index is 0.00976. The Balaban J connectivity index is 1.57. The molecule has 2 aliphatic heterocycles. The van der Waals surface area contributed by atoms with Gasteiger partial charge in [-0.1, -0.05) is 11.6 Å². The monoisotopic (exact) mass is 558 g/mol. The van der Waals surface area contributed by atoms with E-state index in [1.165, 1.54) is 41.8 Å². The Hall–Kier alpha value is -3.04. The highest BCUT2D eigenvalue weighted by Gasteiger charge is 2.55. The quantitative estimate of drug-likeness (QED) is 0.282. The Labute approximate surface area is 216 Å². The fourth-order valence-corrected chi connectivity index (χ4v) is 6.25. The molecule has 2 bridgehead atoms. The van der Waals surface area contributed by atoms with Crippen LogP contribution in [0.1, 0.15) is 12.8 Å². The summed E-state index contributed by atoms with van der Waals surface area (Å²) in [6.07, 6.45) is 1.07. The molecule has 12 nitrogen and oxygen atoms in total. The third kappa shape index (κ3) is 5.48. The summed E-state index contributed by atoms with van der Waals surface area (Å²) in [5.41, 5.74) is 1.50. The van der Waals surface area contributed by atoms with Crippen LogP contribution in [0.2, 0.25) is 5.02 Å². The summed E-state index contributed by atoms with van der Waals surface area (Å²) in [7, 11) is -2.86. The van der Waals surface area contributed by atoms with E-state index in [2.05, 4.69) is 4.98 Å². The minimum atomic E-state index is -4.31. The van der Waals surface area contributed by atoms with Crippen molar-refractivity contribution < 1.29 is 41.8 Å². The average Bonchev–Trinajstić information content (AvgIpc) is 3.18. The Bertz CT molecular complexity index is 1270. The van der Waals surface area contributed by atoms with Gasteiger partial charge in [-0.05, 0) is 37.1 Å². The van der Waals surface area contributed by atoms with Crippen molar-refractivity contribution >= 4 is 33.6 Å². The van der Waals surface area contributed by atoms with E-state index < -0.39 is 46.0 Å². The number of amides is 2. The molecule has 3 atom stereocenters. The van der Waals surface area contributed by atoms with Crippen molar-refractivity contribution in [3.63, 3.8) is 0 Å². The van der Waals surface area contributed by atoms with Crippen molar-refractivity contribution in [3.05, 3.63) is 47.4 Å². The molecule has 0 aliphatic carbocycles. The van der Waals surface area contributed by atoms with Crippen molar-refractivity contribution in [2.75, 3.05) is 26.9 Å². The van der Waals surface area contributed by atoms with Gasteiger partial charge in [0.05, 0.1) is 18.8 Å². The third-order valence-electron chi connectivity index (χ3n) is 6.14. The smallest absolute Gasteiger partial charge is 0.410 e. The lowest BCUT2D eigenvalue weighted by Crippen LogP contribution is -2.66. The van der Waals surface area contributed by atoms with Gasteiger partial charge in [0.2, 0.25) is 15.9 Å². The Kier molecular flexibility index (Phi) is 8.14. The average molecular weight is 559 g/mol. The number of nitrogens with zero attached hydrogens (tertiary/aromatic N) is 3. The van der Waals surface area contributed by atoms with E-state index in [0.717, 1.165) is 16.6 Å². The predicted octanol–water partition coefficient (Wildman–Crippen LogP) is 2.16. The van der Waals surface area contributed by atoms with Crippen molar-refractivity contribution in [1.82, 2.24) is 19.7 Å². The summed E-state index contributed by atoms with van der Waals surface area (Å²) in [6.45, 7) is -0.0396. The topological polar surface area (TPSA) is 148 Å². The van der Waals surface area contributed by atoms with Crippen LogP contribution in [0.5, 0.6) is 11.6 Å². The van der Waals surface area contributed by atoms with Crippen LogP contribution in [0.15, 0.2) is 41.4 Å². The fourth-order valence-electron chi connectivity index (χ4n) is 4.49. The molecule has 2 saturated heterocycles. The normalized spacial score (nSPS) is 21.5. The summed E-state index contributed by atoms with van der Waals surface area (Å²) in [6, 6.07) is 3.41. The molecule has 4 rings (SSSR count). The number of nitrogens with one attached hydrogen (secondary N) is 1. The molecule has 0 unspecified atom stereocenters. The molecule has 1 aromatic heterocycles. The summed E-state index contributed by atoms with van der Waals surface area (Å²) in [5.74, 6) is -1.95. The van der Waals surface area contributed by atoms with Crippen LogP contribution in [0.4, 0.5) is 9.18 Å². The lowest BCUT2D eigenvalue weighted by atomic mass is 10.1. The number of hydrogen-bond donors (Lipinski definition) is 2. The minimum Gasteiger partial charge on any atom is -0.447 e. The molecule has 3 heterocycles. The van der Waals surface area contributed by atoms with Crippen LogP contribution in [0.3, 0.4) is 0 Å². The number of aromatic nitrogens is 1. The van der Waals surface area contributed by atoms with Gasteiger partial charge in [0.15, 0.2) is 11.6 Å². The van der Waals surface area contributed by atoms with E-state index in [1.807, 2.05) is 0 Å². The van der Waals surface area contributed by atoms with Crippen LogP contribution in [0, 0.1) is 5.82 Å². The maximum absolute atomic E-state index is 14.0. The van der Waals surface area contributed by atoms with Crippen LogP contribution < -0.4 is 10.2 Å². The molecule has 2 aliphatic rings. The van der Waals surface area contributed by atoms with Gasteiger partial charge in [-0.25, -0.2) is 28.1 Å². The number of hydrogen-bond acceptors (Lipinski definition) is 9. The zero-order chi connectivity index (χ0) is 26.7. The number of fused-ring (bicyclic) bond motifs is 2. The highest BCUT2D eigenvalue weighted by atomic mass is 35.5.